The van der Waals surface area contributed by atoms with Gasteiger partial charge in [0.2, 0.25) is 0 Å². The van der Waals surface area contributed by atoms with Crippen molar-refractivity contribution in [3.05, 3.63) is 0 Å². The van der Waals surface area contributed by atoms with E-state index >= 15 is 0 Å². The number of nitrogens with one attached hydrogen (secondary N) is 1. The number of carboxylic acid groups (broad SMARTS) is 1. The van der Waals surface area contributed by atoms with Gasteiger partial charge in [0.25, 0.3) is 0 Å². The molecule has 1 atom stereocenters. The second kappa shape index (κ2) is 4.77. The molecule has 0 unspecified atom stereocenters. The van der Waals surface area contributed by atoms with Gasteiger partial charge in [-0.3, -0.25) is 0 Å². The zero-order valence-corrected chi connectivity index (χ0v) is 8.21. The van der Waals surface area contributed by atoms with Crippen molar-refractivity contribution < 1.29 is 14.7 Å². The summed E-state index contributed by atoms with van der Waals surface area (Å²) in [5.74, 6) is 2.10. The Kier molecular flexibility index (Phi) is 3.65. The number of urea groups is 1. The Morgan fingerprint density at radius 2 is 2.43 bits per heavy atom. The van der Waals surface area contributed by atoms with Crippen LogP contribution in [0.1, 0.15) is 0 Å². The van der Waals surface area contributed by atoms with Gasteiger partial charge in [-0.25, -0.2) is 9.59 Å². The van der Waals surface area contributed by atoms with E-state index in [4.69, 9.17) is 11.5 Å². The average Bonchev–Trinajstić information content (AvgIpc) is 2.62. The monoisotopic (exact) mass is 214 g/mol. The van der Waals surface area contributed by atoms with Gasteiger partial charge in [-0.05, 0) is 0 Å². The highest BCUT2D eigenvalue weighted by Gasteiger charge is 2.34. The smallest absolute Gasteiger partial charge is 0.327 e. The summed E-state index contributed by atoms with van der Waals surface area (Å²) in [6.07, 6.45) is 4.97. The van der Waals surface area contributed by atoms with Gasteiger partial charge in [-0.1, -0.05) is 5.92 Å². The molecule has 0 saturated carbocycles. The predicted octanol–water partition coefficient (Wildman–Crippen LogP) is -0.211. The van der Waals surface area contributed by atoms with Crippen LogP contribution in [0.4, 0.5) is 4.79 Å². The lowest BCUT2D eigenvalue weighted by Crippen LogP contribution is -2.46. The van der Waals surface area contributed by atoms with Crippen LogP contribution in [0.5, 0.6) is 0 Å². The first-order valence-electron chi connectivity index (χ1n) is 3.95. The molecule has 1 heterocycles. The van der Waals surface area contributed by atoms with Crippen molar-refractivity contribution in [2.24, 2.45) is 0 Å². The third kappa shape index (κ3) is 2.33. The lowest BCUT2D eigenvalue weighted by Gasteiger charge is -2.19. The van der Waals surface area contributed by atoms with Crippen LogP contribution < -0.4 is 5.32 Å². The standard InChI is InChI=1S/C8H10N2O3S/c1-2-3-9-8(13)10-5-14-4-6(10)7(11)12/h1,6H,3-5H2,(H,9,13)(H,11,12)/t6-/m0/s1. The zero-order chi connectivity index (χ0) is 10.6. The minimum Gasteiger partial charge on any atom is -0.480 e. The number of carboxylic acids is 1. The number of aliphatic carboxylic acids is 1. The van der Waals surface area contributed by atoms with Crippen molar-refractivity contribution in [1.29, 1.82) is 0 Å². The van der Waals surface area contributed by atoms with Crippen LogP contribution in [0.15, 0.2) is 0 Å². The topological polar surface area (TPSA) is 69.6 Å². The van der Waals surface area contributed by atoms with E-state index in [2.05, 4.69) is 11.2 Å². The molecule has 1 aliphatic rings. The second-order valence-electron chi connectivity index (χ2n) is 2.69. The molecule has 0 radical (unpaired) electrons. The number of amides is 2. The molecule has 1 aliphatic heterocycles. The van der Waals surface area contributed by atoms with Crippen LogP contribution in [0.3, 0.4) is 0 Å². The molecule has 76 valence electrons. The van der Waals surface area contributed by atoms with Crippen molar-refractivity contribution in [2.45, 2.75) is 6.04 Å². The molecule has 0 aliphatic carbocycles. The fourth-order valence-electron chi connectivity index (χ4n) is 1.08. The van der Waals surface area contributed by atoms with Gasteiger partial charge in [0.15, 0.2) is 0 Å². The van der Waals surface area contributed by atoms with E-state index in [0.717, 1.165) is 0 Å². The number of nitrogens with zero attached hydrogens (tertiary/aromatic N) is 1. The Morgan fingerprint density at radius 3 is 3.00 bits per heavy atom. The molecular formula is C8H10N2O3S. The lowest BCUT2D eigenvalue weighted by atomic mass is 10.3. The van der Waals surface area contributed by atoms with Crippen LogP contribution >= 0.6 is 11.8 Å². The molecule has 0 aromatic carbocycles. The number of carbonyl (C=O) groups excluding carboxylic acids is 1. The maximum absolute atomic E-state index is 11.4. The molecule has 6 heteroatoms. The predicted molar refractivity (Wildman–Crippen MR) is 52.8 cm³/mol. The second-order valence-corrected chi connectivity index (χ2v) is 3.69. The molecule has 1 fully saturated rings. The minimum absolute atomic E-state index is 0.117. The summed E-state index contributed by atoms with van der Waals surface area (Å²) in [4.78, 5) is 23.3. The normalized spacial score (nSPS) is 20.2. The van der Waals surface area contributed by atoms with Crippen molar-refractivity contribution in [2.75, 3.05) is 18.2 Å². The van der Waals surface area contributed by atoms with E-state index in [9.17, 15) is 9.59 Å². The summed E-state index contributed by atoms with van der Waals surface area (Å²) in [6, 6.07) is -1.15. The maximum Gasteiger partial charge on any atom is 0.327 e. The highest BCUT2D eigenvalue weighted by molar-refractivity contribution is 7.99. The number of rotatable bonds is 2. The van der Waals surface area contributed by atoms with Gasteiger partial charge in [0.1, 0.15) is 6.04 Å². The van der Waals surface area contributed by atoms with Gasteiger partial charge in [0.05, 0.1) is 12.4 Å². The first kappa shape index (κ1) is 10.7. The van der Waals surface area contributed by atoms with Crippen LogP contribution in [-0.4, -0.2) is 46.2 Å². The molecule has 2 amide bonds. The first-order valence-corrected chi connectivity index (χ1v) is 5.10. The zero-order valence-electron chi connectivity index (χ0n) is 7.40. The van der Waals surface area contributed by atoms with Crippen LogP contribution in [0, 0.1) is 12.3 Å². The van der Waals surface area contributed by atoms with Crippen molar-refractivity contribution in [3.8, 4) is 12.3 Å². The van der Waals surface area contributed by atoms with E-state index in [1.54, 1.807) is 0 Å². The molecule has 0 aromatic rings. The van der Waals surface area contributed by atoms with Crippen molar-refractivity contribution in [3.63, 3.8) is 0 Å². The Labute approximate surface area is 85.8 Å². The molecule has 2 N–H and O–H groups in total. The summed E-state index contributed by atoms with van der Waals surface area (Å²) >= 11 is 1.41. The number of hydrogen-bond acceptors (Lipinski definition) is 3. The van der Waals surface area contributed by atoms with Crippen molar-refractivity contribution in [1.82, 2.24) is 10.2 Å². The Morgan fingerprint density at radius 1 is 1.71 bits per heavy atom. The summed E-state index contributed by atoms with van der Waals surface area (Å²) in [6.45, 7) is 0.117. The van der Waals surface area contributed by atoms with Crippen LogP contribution in [-0.2, 0) is 4.79 Å². The number of hydrogen-bond donors (Lipinski definition) is 2. The van der Waals surface area contributed by atoms with E-state index in [1.165, 1.54) is 16.7 Å². The fraction of sp³-hybridized carbons (Fsp3) is 0.500. The summed E-state index contributed by atoms with van der Waals surface area (Å²) < 4.78 is 0. The number of thioether (sulfide) groups is 1. The van der Waals surface area contributed by atoms with E-state index in [1.807, 2.05) is 0 Å². The van der Waals surface area contributed by atoms with Crippen LogP contribution in [0.25, 0.3) is 0 Å². The fourth-order valence-corrected chi connectivity index (χ4v) is 2.22. The molecular weight excluding hydrogens is 204 g/mol. The lowest BCUT2D eigenvalue weighted by molar-refractivity contribution is -0.140. The molecule has 0 aromatic heterocycles. The van der Waals surface area contributed by atoms with E-state index in [0.29, 0.717) is 11.6 Å². The van der Waals surface area contributed by atoms with Crippen LogP contribution in [0.2, 0.25) is 0 Å². The minimum atomic E-state index is -0.981. The molecule has 0 bridgehead atoms. The molecule has 5 nitrogen and oxygen atoms in total. The van der Waals surface area contributed by atoms with E-state index < -0.39 is 18.0 Å². The SMILES string of the molecule is C#CCNC(=O)N1CSC[C@H]1C(=O)O. The first-order chi connectivity index (χ1) is 6.66. The molecule has 14 heavy (non-hydrogen) atoms. The Balaban J connectivity index is 2.54. The van der Waals surface area contributed by atoms with Gasteiger partial charge >= 0.3 is 12.0 Å². The highest BCUT2D eigenvalue weighted by Crippen LogP contribution is 2.20. The van der Waals surface area contributed by atoms with E-state index in [-0.39, 0.29) is 6.54 Å². The van der Waals surface area contributed by atoms with Crippen molar-refractivity contribution >= 4 is 23.8 Å². The number of carbonyl (C=O) groups is 2. The van der Waals surface area contributed by atoms with Gasteiger partial charge in [-0.2, -0.15) is 0 Å². The Hall–Kier alpha value is -1.35. The number of terminal acetylenes is 1. The quantitative estimate of drug-likeness (QED) is 0.624. The Bertz CT molecular complexity index is 287. The third-order valence-corrected chi connectivity index (χ3v) is 2.78. The summed E-state index contributed by atoms with van der Waals surface area (Å²) in [7, 11) is 0. The largest absolute Gasteiger partial charge is 0.480 e. The molecule has 0 spiro atoms. The van der Waals surface area contributed by atoms with Gasteiger partial charge in [-0.15, -0.1) is 18.2 Å². The highest BCUT2D eigenvalue weighted by atomic mass is 32.2. The van der Waals surface area contributed by atoms with Gasteiger partial charge < -0.3 is 15.3 Å². The molecule has 1 rings (SSSR count). The molecule has 1 saturated heterocycles. The summed E-state index contributed by atoms with van der Waals surface area (Å²) in [5, 5.41) is 11.2. The third-order valence-electron chi connectivity index (χ3n) is 1.77. The van der Waals surface area contributed by atoms with Gasteiger partial charge in [0, 0.05) is 5.75 Å². The average molecular weight is 214 g/mol. The maximum atomic E-state index is 11.4. The summed E-state index contributed by atoms with van der Waals surface area (Å²) in [5.41, 5.74) is 0.